The molecule has 1 aliphatic rings. The fraction of sp³-hybridized carbons (Fsp3) is 0.188. The number of rotatable bonds is 3. The van der Waals surface area contributed by atoms with Gasteiger partial charge in [0.05, 0.1) is 21.8 Å². The molecule has 0 aromatic heterocycles. The SMILES string of the molecule is C[C@H]1Oc2ccc(NS(=O)(=O)c3ccccc3C(F)(F)F)cc2NC1=O. The smallest absolute Gasteiger partial charge is 0.417 e. The van der Waals surface area contributed by atoms with Gasteiger partial charge in [-0.1, -0.05) is 12.1 Å². The highest BCUT2D eigenvalue weighted by Gasteiger charge is 2.37. The van der Waals surface area contributed by atoms with Gasteiger partial charge in [0, 0.05) is 0 Å². The predicted molar refractivity (Wildman–Crippen MR) is 87.4 cm³/mol. The Bertz CT molecular complexity index is 974. The first-order chi connectivity index (χ1) is 12.1. The van der Waals surface area contributed by atoms with E-state index in [4.69, 9.17) is 4.74 Å². The molecule has 0 saturated heterocycles. The van der Waals surface area contributed by atoms with Crippen LogP contribution in [0.4, 0.5) is 24.5 Å². The van der Waals surface area contributed by atoms with Crippen molar-refractivity contribution in [3.05, 3.63) is 48.0 Å². The number of benzene rings is 2. The highest BCUT2D eigenvalue weighted by molar-refractivity contribution is 7.92. The lowest BCUT2D eigenvalue weighted by Crippen LogP contribution is -2.34. The molecule has 2 aromatic carbocycles. The number of anilines is 2. The first-order valence-corrected chi connectivity index (χ1v) is 8.87. The number of nitrogens with one attached hydrogen (secondary N) is 2. The summed E-state index contributed by atoms with van der Waals surface area (Å²) in [6, 6.07) is 7.89. The molecular formula is C16H13F3N2O4S. The van der Waals surface area contributed by atoms with E-state index in [0.29, 0.717) is 11.8 Å². The molecule has 0 spiro atoms. The standard InChI is InChI=1S/C16H13F3N2O4S/c1-9-15(22)20-12-8-10(6-7-13(12)25-9)21-26(23,24)14-5-3-2-4-11(14)16(17,18)19/h2-9,21H,1H3,(H,20,22)/t9-/m1/s1. The van der Waals surface area contributed by atoms with Gasteiger partial charge in [-0.25, -0.2) is 8.42 Å². The van der Waals surface area contributed by atoms with Crippen molar-refractivity contribution in [1.29, 1.82) is 0 Å². The molecule has 6 nitrogen and oxygen atoms in total. The molecule has 1 aliphatic heterocycles. The molecule has 2 aromatic rings. The lowest BCUT2D eigenvalue weighted by Gasteiger charge is -2.24. The van der Waals surface area contributed by atoms with Gasteiger partial charge in [0.2, 0.25) is 0 Å². The second-order valence-electron chi connectivity index (χ2n) is 5.56. The second kappa shape index (κ2) is 6.20. The number of hydrogen-bond donors (Lipinski definition) is 2. The van der Waals surface area contributed by atoms with Crippen LogP contribution in [0.25, 0.3) is 0 Å². The summed E-state index contributed by atoms with van der Waals surface area (Å²) in [6.45, 7) is 1.54. The van der Waals surface area contributed by atoms with E-state index in [2.05, 4.69) is 10.0 Å². The van der Waals surface area contributed by atoms with Crippen molar-refractivity contribution in [2.45, 2.75) is 24.1 Å². The molecule has 0 unspecified atom stereocenters. The Balaban J connectivity index is 1.95. The summed E-state index contributed by atoms with van der Waals surface area (Å²) in [5, 5.41) is 2.53. The summed E-state index contributed by atoms with van der Waals surface area (Å²) < 4.78 is 71.5. The molecule has 0 radical (unpaired) electrons. The predicted octanol–water partition coefficient (Wildman–Crippen LogP) is 3.23. The van der Waals surface area contributed by atoms with Crippen LogP contribution in [0.15, 0.2) is 47.4 Å². The van der Waals surface area contributed by atoms with Gasteiger partial charge in [-0.3, -0.25) is 9.52 Å². The van der Waals surface area contributed by atoms with Crippen LogP contribution in [0.3, 0.4) is 0 Å². The van der Waals surface area contributed by atoms with Gasteiger partial charge >= 0.3 is 6.18 Å². The largest absolute Gasteiger partial charge is 0.479 e. The summed E-state index contributed by atoms with van der Waals surface area (Å²) in [5.41, 5.74) is -1.06. The summed E-state index contributed by atoms with van der Waals surface area (Å²) in [4.78, 5) is 10.7. The van der Waals surface area contributed by atoms with Crippen LogP contribution in [0.5, 0.6) is 5.75 Å². The third-order valence-corrected chi connectivity index (χ3v) is 5.08. The maximum absolute atomic E-state index is 13.1. The van der Waals surface area contributed by atoms with Crippen LogP contribution in [0, 0.1) is 0 Å². The van der Waals surface area contributed by atoms with E-state index in [1.807, 2.05) is 0 Å². The molecule has 0 saturated carbocycles. The first-order valence-electron chi connectivity index (χ1n) is 7.38. The molecule has 1 heterocycles. The summed E-state index contributed by atoms with van der Waals surface area (Å²) >= 11 is 0. The third-order valence-electron chi connectivity index (χ3n) is 3.64. The molecule has 2 N–H and O–H groups in total. The average molecular weight is 386 g/mol. The van der Waals surface area contributed by atoms with Crippen molar-refractivity contribution in [2.24, 2.45) is 0 Å². The Morgan fingerprint density at radius 1 is 1.15 bits per heavy atom. The summed E-state index contributed by atoms with van der Waals surface area (Å²) in [5.74, 6) is -0.0873. The van der Waals surface area contributed by atoms with Crippen LogP contribution in [0.1, 0.15) is 12.5 Å². The number of alkyl halides is 3. The Labute approximate surface area is 147 Å². The minimum atomic E-state index is -4.82. The van der Waals surface area contributed by atoms with Crippen molar-refractivity contribution in [1.82, 2.24) is 0 Å². The van der Waals surface area contributed by atoms with Gasteiger partial charge in [-0.15, -0.1) is 0 Å². The Morgan fingerprint density at radius 3 is 2.54 bits per heavy atom. The zero-order valence-electron chi connectivity index (χ0n) is 13.3. The number of amides is 1. The molecule has 10 heteroatoms. The van der Waals surface area contributed by atoms with Crippen LogP contribution < -0.4 is 14.8 Å². The second-order valence-corrected chi connectivity index (χ2v) is 7.21. The molecular weight excluding hydrogens is 373 g/mol. The molecule has 1 amide bonds. The van der Waals surface area contributed by atoms with E-state index in [1.165, 1.54) is 24.3 Å². The van der Waals surface area contributed by atoms with Gasteiger partial charge in [-0.05, 0) is 37.3 Å². The maximum atomic E-state index is 13.1. The van der Waals surface area contributed by atoms with Crippen LogP contribution in [-0.2, 0) is 21.0 Å². The number of hydrogen-bond acceptors (Lipinski definition) is 4. The molecule has 0 fully saturated rings. The maximum Gasteiger partial charge on any atom is 0.417 e. The zero-order chi connectivity index (χ0) is 19.1. The molecule has 138 valence electrons. The van der Waals surface area contributed by atoms with Crippen molar-refractivity contribution in [3.8, 4) is 5.75 Å². The van der Waals surface area contributed by atoms with Gasteiger partial charge in [-0.2, -0.15) is 13.2 Å². The van der Waals surface area contributed by atoms with E-state index >= 15 is 0 Å². The van der Waals surface area contributed by atoms with E-state index in [-0.39, 0.29) is 11.4 Å². The molecule has 3 rings (SSSR count). The normalized spacial score (nSPS) is 17.1. The number of fused-ring (bicyclic) bond motifs is 1. The lowest BCUT2D eigenvalue weighted by atomic mass is 10.2. The Morgan fingerprint density at radius 2 is 1.85 bits per heavy atom. The Kier molecular flexibility index (Phi) is 4.31. The lowest BCUT2D eigenvalue weighted by molar-refractivity contribution is -0.139. The minimum Gasteiger partial charge on any atom is -0.479 e. The van der Waals surface area contributed by atoms with E-state index < -0.39 is 38.7 Å². The quantitative estimate of drug-likeness (QED) is 0.848. The van der Waals surface area contributed by atoms with Crippen molar-refractivity contribution >= 4 is 27.3 Å². The number of sulfonamides is 1. The number of carbonyl (C=O) groups excluding carboxylic acids is 1. The van der Waals surface area contributed by atoms with Crippen LogP contribution >= 0.6 is 0 Å². The molecule has 1 atom stereocenters. The fourth-order valence-electron chi connectivity index (χ4n) is 2.42. The van der Waals surface area contributed by atoms with Gasteiger partial charge in [0.25, 0.3) is 15.9 Å². The van der Waals surface area contributed by atoms with Crippen molar-refractivity contribution in [3.63, 3.8) is 0 Å². The minimum absolute atomic E-state index is 0.0146. The topological polar surface area (TPSA) is 84.5 Å². The van der Waals surface area contributed by atoms with Crippen LogP contribution in [0.2, 0.25) is 0 Å². The monoisotopic (exact) mass is 386 g/mol. The van der Waals surface area contributed by atoms with E-state index in [0.717, 1.165) is 12.1 Å². The van der Waals surface area contributed by atoms with E-state index in [9.17, 15) is 26.4 Å². The average Bonchev–Trinajstić information content (AvgIpc) is 2.55. The highest BCUT2D eigenvalue weighted by Crippen LogP contribution is 2.36. The van der Waals surface area contributed by atoms with Crippen molar-refractivity contribution in [2.75, 3.05) is 10.0 Å². The van der Waals surface area contributed by atoms with E-state index in [1.54, 1.807) is 6.92 Å². The van der Waals surface area contributed by atoms with Gasteiger partial charge in [0.1, 0.15) is 5.75 Å². The van der Waals surface area contributed by atoms with Gasteiger partial charge in [0.15, 0.2) is 6.10 Å². The highest BCUT2D eigenvalue weighted by atomic mass is 32.2. The number of carbonyl (C=O) groups is 1. The molecule has 0 bridgehead atoms. The third kappa shape index (κ3) is 3.45. The summed E-state index contributed by atoms with van der Waals surface area (Å²) in [7, 11) is -4.50. The first kappa shape index (κ1) is 18.1. The summed E-state index contributed by atoms with van der Waals surface area (Å²) in [6.07, 6.45) is -5.53. The van der Waals surface area contributed by atoms with Crippen LogP contribution in [-0.4, -0.2) is 20.4 Å². The van der Waals surface area contributed by atoms with Crippen molar-refractivity contribution < 1.29 is 31.1 Å². The molecule has 0 aliphatic carbocycles. The zero-order valence-corrected chi connectivity index (χ0v) is 14.1. The number of halogens is 3. The fourth-order valence-corrected chi connectivity index (χ4v) is 3.70. The Hall–Kier alpha value is -2.75. The molecule has 26 heavy (non-hydrogen) atoms. The number of ether oxygens (including phenoxy) is 1. The van der Waals surface area contributed by atoms with Gasteiger partial charge < -0.3 is 10.1 Å².